The molecule has 4 nitrogen and oxygen atoms in total. The van der Waals surface area contributed by atoms with Crippen LogP contribution in [-0.4, -0.2) is 34.9 Å². The van der Waals surface area contributed by atoms with E-state index in [4.69, 9.17) is 10.7 Å². The lowest BCUT2D eigenvalue weighted by Crippen LogP contribution is -2.45. The number of aryl methyl sites for hydroxylation is 1. The lowest BCUT2D eigenvalue weighted by atomic mass is 9.91. The van der Waals surface area contributed by atoms with Crippen LogP contribution in [0.25, 0.3) is 22.2 Å². The number of pyridine rings is 1. The van der Waals surface area contributed by atoms with Crippen LogP contribution in [0, 0.1) is 12.8 Å². The van der Waals surface area contributed by atoms with Gasteiger partial charge in [0.05, 0.1) is 16.8 Å². The van der Waals surface area contributed by atoms with E-state index >= 15 is 0 Å². The van der Waals surface area contributed by atoms with E-state index in [0.29, 0.717) is 5.92 Å². The van der Waals surface area contributed by atoms with E-state index in [1.165, 1.54) is 5.56 Å². The number of piperidine rings is 1. The second kappa shape index (κ2) is 7.72. The van der Waals surface area contributed by atoms with Crippen molar-refractivity contribution in [2.45, 2.75) is 32.7 Å². The molecular formula is C24H27N3O. The highest BCUT2D eigenvalue weighted by Gasteiger charge is 2.27. The summed E-state index contributed by atoms with van der Waals surface area (Å²) in [6.07, 6.45) is 2.10. The normalized spacial score (nSPS) is 18.2. The van der Waals surface area contributed by atoms with Gasteiger partial charge in [0.25, 0.3) is 5.91 Å². The number of fused-ring (bicyclic) bond motifs is 1. The summed E-state index contributed by atoms with van der Waals surface area (Å²) < 4.78 is 0. The molecule has 2 heterocycles. The van der Waals surface area contributed by atoms with Crippen LogP contribution in [0.3, 0.4) is 0 Å². The molecule has 0 radical (unpaired) electrons. The third kappa shape index (κ3) is 3.65. The highest BCUT2D eigenvalue weighted by atomic mass is 16.2. The second-order valence-corrected chi connectivity index (χ2v) is 7.95. The smallest absolute Gasteiger partial charge is 0.254 e. The lowest BCUT2D eigenvalue weighted by molar-refractivity contribution is 0.0663. The van der Waals surface area contributed by atoms with Crippen LogP contribution in [0.2, 0.25) is 0 Å². The van der Waals surface area contributed by atoms with Crippen LogP contribution in [0.5, 0.6) is 0 Å². The maximum atomic E-state index is 13.5. The van der Waals surface area contributed by atoms with E-state index in [9.17, 15) is 4.79 Å². The first-order valence-electron chi connectivity index (χ1n) is 10.0. The van der Waals surface area contributed by atoms with E-state index in [1.54, 1.807) is 0 Å². The molecule has 2 unspecified atom stereocenters. The first-order valence-corrected chi connectivity index (χ1v) is 10.0. The Balaban J connectivity index is 1.76. The minimum Gasteiger partial charge on any atom is -0.338 e. The largest absolute Gasteiger partial charge is 0.338 e. The summed E-state index contributed by atoms with van der Waals surface area (Å²) in [6, 6.07) is 18.2. The number of likely N-dealkylation sites (tertiary alicyclic amines) is 1. The topological polar surface area (TPSA) is 59.2 Å². The Morgan fingerprint density at radius 1 is 1.18 bits per heavy atom. The SMILES string of the molecule is Cc1ccc(-c2cc(C(=O)N3CCCC(C(C)N)C3)c3ccccc3n2)cc1. The minimum absolute atomic E-state index is 0.0808. The molecule has 4 rings (SSSR count). The Morgan fingerprint density at radius 3 is 2.68 bits per heavy atom. The molecule has 3 aromatic rings. The van der Waals surface area contributed by atoms with Crippen LogP contribution < -0.4 is 5.73 Å². The Hall–Kier alpha value is -2.72. The van der Waals surface area contributed by atoms with E-state index in [1.807, 2.05) is 42.2 Å². The Kier molecular flexibility index (Phi) is 5.14. The van der Waals surface area contributed by atoms with E-state index in [0.717, 1.165) is 53.7 Å². The number of carbonyl (C=O) groups excluding carboxylic acids is 1. The monoisotopic (exact) mass is 373 g/mol. The van der Waals surface area contributed by atoms with Gasteiger partial charge in [0, 0.05) is 30.1 Å². The van der Waals surface area contributed by atoms with Crippen molar-refractivity contribution in [1.29, 1.82) is 0 Å². The zero-order valence-electron chi connectivity index (χ0n) is 16.6. The molecule has 28 heavy (non-hydrogen) atoms. The maximum absolute atomic E-state index is 13.5. The van der Waals surface area contributed by atoms with Gasteiger partial charge in [-0.05, 0) is 44.7 Å². The zero-order chi connectivity index (χ0) is 19.7. The molecule has 1 aliphatic rings. The maximum Gasteiger partial charge on any atom is 0.254 e. The first kappa shape index (κ1) is 18.6. The van der Waals surface area contributed by atoms with Crippen molar-refractivity contribution in [2.24, 2.45) is 11.7 Å². The fourth-order valence-electron chi connectivity index (χ4n) is 4.02. The highest BCUT2D eigenvalue weighted by Crippen LogP contribution is 2.28. The molecule has 1 aliphatic heterocycles. The third-order valence-electron chi connectivity index (χ3n) is 5.78. The van der Waals surface area contributed by atoms with Gasteiger partial charge in [-0.15, -0.1) is 0 Å². The lowest BCUT2D eigenvalue weighted by Gasteiger charge is -2.35. The van der Waals surface area contributed by atoms with Gasteiger partial charge in [0.2, 0.25) is 0 Å². The Labute approximate surface area is 166 Å². The highest BCUT2D eigenvalue weighted by molar-refractivity contribution is 6.07. The van der Waals surface area contributed by atoms with Crippen molar-refractivity contribution in [2.75, 3.05) is 13.1 Å². The molecule has 0 bridgehead atoms. The molecule has 4 heteroatoms. The van der Waals surface area contributed by atoms with Crippen molar-refractivity contribution in [3.63, 3.8) is 0 Å². The average molecular weight is 374 g/mol. The van der Waals surface area contributed by atoms with Gasteiger partial charge < -0.3 is 10.6 Å². The quantitative estimate of drug-likeness (QED) is 0.740. The predicted octanol–water partition coefficient (Wildman–Crippen LogP) is 4.41. The molecule has 0 spiro atoms. The van der Waals surface area contributed by atoms with Crippen LogP contribution in [0.4, 0.5) is 0 Å². The fraction of sp³-hybridized carbons (Fsp3) is 0.333. The molecule has 2 atom stereocenters. The van der Waals surface area contributed by atoms with Crippen molar-refractivity contribution >= 4 is 16.8 Å². The number of benzene rings is 2. The molecule has 1 saturated heterocycles. The molecule has 0 aliphatic carbocycles. The summed E-state index contributed by atoms with van der Waals surface area (Å²) in [4.78, 5) is 20.3. The molecule has 1 aromatic heterocycles. The molecule has 0 saturated carbocycles. The van der Waals surface area contributed by atoms with E-state index in [-0.39, 0.29) is 11.9 Å². The summed E-state index contributed by atoms with van der Waals surface area (Å²) in [7, 11) is 0. The van der Waals surface area contributed by atoms with Crippen molar-refractivity contribution in [1.82, 2.24) is 9.88 Å². The summed E-state index contributed by atoms with van der Waals surface area (Å²) in [6.45, 7) is 5.62. The molecule has 2 N–H and O–H groups in total. The third-order valence-corrected chi connectivity index (χ3v) is 5.78. The predicted molar refractivity (Wildman–Crippen MR) is 114 cm³/mol. The number of hydrogen-bond acceptors (Lipinski definition) is 3. The molecular weight excluding hydrogens is 346 g/mol. The number of nitrogens with two attached hydrogens (primary N) is 1. The molecule has 144 valence electrons. The van der Waals surface area contributed by atoms with Gasteiger partial charge in [-0.2, -0.15) is 0 Å². The number of hydrogen-bond donors (Lipinski definition) is 1. The number of rotatable bonds is 3. The van der Waals surface area contributed by atoms with Gasteiger partial charge in [0.15, 0.2) is 0 Å². The van der Waals surface area contributed by atoms with E-state index in [2.05, 4.69) is 31.2 Å². The number of aromatic nitrogens is 1. The van der Waals surface area contributed by atoms with Crippen molar-refractivity contribution in [3.05, 3.63) is 65.7 Å². The fourth-order valence-corrected chi connectivity index (χ4v) is 4.02. The minimum atomic E-state index is 0.0808. The van der Waals surface area contributed by atoms with Crippen LogP contribution in [-0.2, 0) is 0 Å². The summed E-state index contributed by atoms with van der Waals surface area (Å²) in [5.74, 6) is 0.444. The van der Waals surface area contributed by atoms with Gasteiger partial charge in [-0.25, -0.2) is 4.98 Å². The second-order valence-electron chi connectivity index (χ2n) is 7.95. The van der Waals surface area contributed by atoms with Gasteiger partial charge >= 0.3 is 0 Å². The van der Waals surface area contributed by atoms with Crippen LogP contribution in [0.1, 0.15) is 35.7 Å². The standard InChI is InChI=1S/C24H27N3O/c1-16-9-11-18(12-10-16)23-14-21(20-7-3-4-8-22(20)26-23)24(28)27-13-5-6-19(15-27)17(2)25/h3-4,7-12,14,17,19H,5-6,13,15,25H2,1-2H3. The zero-order valence-corrected chi connectivity index (χ0v) is 16.6. The number of carbonyl (C=O) groups is 1. The Morgan fingerprint density at radius 2 is 1.93 bits per heavy atom. The summed E-state index contributed by atoms with van der Waals surface area (Å²) in [5.41, 5.74) is 10.8. The first-order chi connectivity index (χ1) is 13.5. The number of nitrogens with zero attached hydrogens (tertiary/aromatic N) is 2. The summed E-state index contributed by atoms with van der Waals surface area (Å²) in [5, 5.41) is 0.909. The number of para-hydroxylation sites is 1. The van der Waals surface area contributed by atoms with Gasteiger partial charge in [-0.3, -0.25) is 4.79 Å². The molecule has 2 aromatic carbocycles. The number of amides is 1. The van der Waals surface area contributed by atoms with Crippen molar-refractivity contribution in [3.8, 4) is 11.3 Å². The average Bonchev–Trinajstić information content (AvgIpc) is 2.73. The summed E-state index contributed by atoms with van der Waals surface area (Å²) >= 11 is 0. The molecule has 1 fully saturated rings. The van der Waals surface area contributed by atoms with Gasteiger partial charge in [-0.1, -0.05) is 48.0 Å². The van der Waals surface area contributed by atoms with Crippen LogP contribution in [0.15, 0.2) is 54.6 Å². The van der Waals surface area contributed by atoms with E-state index < -0.39 is 0 Å². The Bertz CT molecular complexity index is 994. The van der Waals surface area contributed by atoms with Crippen molar-refractivity contribution < 1.29 is 4.79 Å². The molecule has 1 amide bonds. The van der Waals surface area contributed by atoms with Gasteiger partial charge in [0.1, 0.15) is 0 Å². The van der Waals surface area contributed by atoms with Crippen LogP contribution >= 0.6 is 0 Å².